The molecule has 1 heterocycles. The molecule has 1 aliphatic rings. The topological polar surface area (TPSA) is 55.4 Å². The van der Waals surface area contributed by atoms with Crippen LogP contribution in [0, 0.1) is 0 Å². The van der Waals surface area contributed by atoms with Gasteiger partial charge in [-0.25, -0.2) is 4.79 Å². The molecule has 0 aliphatic carbocycles. The zero-order chi connectivity index (χ0) is 15.8. The first kappa shape index (κ1) is 15.6. The van der Waals surface area contributed by atoms with Gasteiger partial charge in [-0.2, -0.15) is 13.2 Å². The summed E-state index contributed by atoms with van der Waals surface area (Å²) in [6.45, 7) is 1.17. The molecule has 0 bridgehead atoms. The summed E-state index contributed by atoms with van der Waals surface area (Å²) in [6.07, 6.45) is -7.16. The van der Waals surface area contributed by atoms with E-state index in [4.69, 9.17) is 11.6 Å². The number of fused-ring (bicyclic) bond motifs is 1. The predicted molar refractivity (Wildman–Crippen MR) is 69.2 cm³/mol. The first-order valence-corrected chi connectivity index (χ1v) is 6.40. The van der Waals surface area contributed by atoms with E-state index >= 15 is 0 Å². The fourth-order valence-corrected chi connectivity index (χ4v) is 2.37. The molecular formula is C13H11ClF3NO3. The molecule has 0 spiro atoms. The van der Waals surface area contributed by atoms with E-state index < -0.39 is 30.1 Å². The molecule has 0 aromatic heterocycles. The number of Topliss-reactive ketones (excluding diaryl/α,β-unsaturated/α-hetero) is 1. The Hall–Kier alpha value is -1.76. The van der Waals surface area contributed by atoms with Crippen LogP contribution in [0.4, 0.5) is 23.7 Å². The molecule has 114 valence electrons. The average molecular weight is 322 g/mol. The first-order valence-electron chi connectivity index (χ1n) is 6.02. The van der Waals surface area contributed by atoms with Gasteiger partial charge in [0.25, 0.3) is 0 Å². The molecule has 21 heavy (non-hydrogen) atoms. The van der Waals surface area contributed by atoms with Crippen molar-refractivity contribution in [2.24, 2.45) is 0 Å². The molecule has 8 heteroatoms. The van der Waals surface area contributed by atoms with Gasteiger partial charge in [-0.15, -0.1) is 0 Å². The number of carbonyl (C=O) groups is 2. The van der Waals surface area contributed by atoms with Crippen LogP contribution in [-0.4, -0.2) is 18.1 Å². The lowest BCUT2D eigenvalue weighted by Gasteiger charge is -2.39. The van der Waals surface area contributed by atoms with Crippen molar-refractivity contribution >= 4 is 29.2 Å². The Labute approximate surface area is 123 Å². The number of hydrogen-bond donors (Lipinski definition) is 1. The Bertz CT molecular complexity index is 603. The van der Waals surface area contributed by atoms with Crippen LogP contribution in [0.2, 0.25) is 5.02 Å². The number of carbonyl (C=O) groups excluding carboxylic acids is 2. The van der Waals surface area contributed by atoms with Gasteiger partial charge < -0.3 is 9.53 Å². The number of benzene rings is 1. The first-order chi connectivity index (χ1) is 9.65. The van der Waals surface area contributed by atoms with Crippen molar-refractivity contribution < 1.29 is 27.5 Å². The van der Waals surface area contributed by atoms with Gasteiger partial charge >= 0.3 is 12.3 Å². The largest absolute Gasteiger partial charge is 0.432 e. The minimum absolute atomic E-state index is 0.0310. The summed E-state index contributed by atoms with van der Waals surface area (Å²) < 4.78 is 45.3. The van der Waals surface area contributed by atoms with E-state index in [1.165, 1.54) is 19.1 Å². The number of rotatable bonds is 3. The predicted octanol–water partition coefficient (Wildman–Crippen LogP) is 4.03. The Morgan fingerprint density at radius 2 is 2.10 bits per heavy atom. The van der Waals surface area contributed by atoms with E-state index in [-0.39, 0.29) is 22.7 Å². The maximum absolute atomic E-state index is 13.6. The van der Waals surface area contributed by atoms with Crippen molar-refractivity contribution in [3.05, 3.63) is 28.8 Å². The van der Waals surface area contributed by atoms with Crippen LogP contribution < -0.4 is 5.32 Å². The molecule has 1 atom stereocenters. The molecule has 1 aromatic carbocycles. The fraction of sp³-hybridized carbons (Fsp3) is 0.385. The van der Waals surface area contributed by atoms with Gasteiger partial charge in [0, 0.05) is 23.4 Å². The molecule has 4 nitrogen and oxygen atoms in total. The van der Waals surface area contributed by atoms with E-state index in [0.29, 0.717) is 0 Å². The van der Waals surface area contributed by atoms with E-state index in [0.717, 1.165) is 6.07 Å². The van der Waals surface area contributed by atoms with Crippen molar-refractivity contribution in [3.8, 4) is 0 Å². The number of ether oxygens (including phenoxy) is 1. The number of cyclic esters (lactones) is 1. The summed E-state index contributed by atoms with van der Waals surface area (Å²) in [5.74, 6) is -0.434. The number of nitrogens with one attached hydrogen (secondary N) is 1. The lowest BCUT2D eigenvalue weighted by molar-refractivity contribution is -0.267. The Morgan fingerprint density at radius 1 is 1.43 bits per heavy atom. The molecule has 0 fully saturated rings. The Morgan fingerprint density at radius 3 is 2.67 bits per heavy atom. The van der Waals surface area contributed by atoms with Gasteiger partial charge in [0.1, 0.15) is 5.78 Å². The summed E-state index contributed by atoms with van der Waals surface area (Å²) in [4.78, 5) is 22.5. The third kappa shape index (κ3) is 2.83. The van der Waals surface area contributed by atoms with Crippen molar-refractivity contribution in [1.29, 1.82) is 0 Å². The van der Waals surface area contributed by atoms with Crippen LogP contribution in [-0.2, 0) is 15.1 Å². The van der Waals surface area contributed by atoms with Crippen molar-refractivity contribution in [3.63, 3.8) is 0 Å². The molecule has 1 aliphatic heterocycles. The maximum Gasteiger partial charge on any atom is 0.432 e. The monoisotopic (exact) mass is 321 g/mol. The van der Waals surface area contributed by atoms with E-state index in [9.17, 15) is 22.8 Å². The standard InChI is InChI=1S/C13H11ClF3NO3/c1-7(19)4-5-12(13(15,16)17)9-6-8(14)2-3-10(9)18-11(20)21-12/h2-3,6H,4-5H2,1H3,(H,18,20). The quantitative estimate of drug-likeness (QED) is 0.914. The van der Waals surface area contributed by atoms with E-state index in [1.54, 1.807) is 0 Å². The minimum atomic E-state index is -4.88. The van der Waals surface area contributed by atoms with Gasteiger partial charge in [-0.1, -0.05) is 11.6 Å². The maximum atomic E-state index is 13.6. The SMILES string of the molecule is CC(=O)CCC1(C(F)(F)F)OC(=O)Nc2ccc(Cl)cc21. The van der Waals surface area contributed by atoms with Crippen molar-refractivity contribution in [2.45, 2.75) is 31.5 Å². The van der Waals surface area contributed by atoms with E-state index in [1.807, 2.05) is 0 Å². The van der Waals surface area contributed by atoms with Crippen molar-refractivity contribution in [2.75, 3.05) is 5.32 Å². The van der Waals surface area contributed by atoms with Crippen LogP contribution in [0.15, 0.2) is 18.2 Å². The normalized spacial score (nSPS) is 21.3. The zero-order valence-electron chi connectivity index (χ0n) is 10.9. The molecule has 1 N–H and O–H groups in total. The lowest BCUT2D eigenvalue weighted by atomic mass is 9.85. The average Bonchev–Trinajstić information content (AvgIpc) is 2.35. The fourth-order valence-electron chi connectivity index (χ4n) is 2.20. The number of halogens is 4. The van der Waals surface area contributed by atoms with Crippen molar-refractivity contribution in [1.82, 2.24) is 0 Å². The van der Waals surface area contributed by atoms with Gasteiger partial charge in [0.2, 0.25) is 5.60 Å². The van der Waals surface area contributed by atoms with Gasteiger partial charge in [-0.05, 0) is 25.1 Å². The summed E-state index contributed by atoms with van der Waals surface area (Å²) in [5, 5.41) is 2.27. The molecule has 1 unspecified atom stereocenters. The number of anilines is 1. The van der Waals surface area contributed by atoms with Crippen LogP contribution in [0.5, 0.6) is 0 Å². The second-order valence-corrected chi connectivity index (χ2v) is 5.17. The highest BCUT2D eigenvalue weighted by Crippen LogP contribution is 2.50. The Kier molecular flexibility index (Phi) is 3.88. The molecule has 0 saturated heterocycles. The van der Waals surface area contributed by atoms with Gasteiger partial charge in [0.15, 0.2) is 0 Å². The summed E-state index contributed by atoms with van der Waals surface area (Å²) in [7, 11) is 0. The molecule has 0 radical (unpaired) electrons. The number of alkyl halides is 3. The van der Waals surface area contributed by atoms with Crippen LogP contribution in [0.1, 0.15) is 25.3 Å². The molecule has 1 amide bonds. The van der Waals surface area contributed by atoms with Gasteiger partial charge in [-0.3, -0.25) is 5.32 Å². The highest BCUT2D eigenvalue weighted by atomic mass is 35.5. The van der Waals surface area contributed by atoms with E-state index in [2.05, 4.69) is 10.1 Å². The summed E-state index contributed by atoms with van der Waals surface area (Å²) in [5.41, 5.74) is -3.21. The molecule has 2 rings (SSSR count). The third-order valence-electron chi connectivity index (χ3n) is 3.21. The zero-order valence-corrected chi connectivity index (χ0v) is 11.6. The Balaban J connectivity index is 2.61. The third-order valence-corrected chi connectivity index (χ3v) is 3.44. The molecular weight excluding hydrogens is 311 g/mol. The number of hydrogen-bond acceptors (Lipinski definition) is 3. The summed E-state index contributed by atoms with van der Waals surface area (Å²) >= 11 is 5.75. The highest BCUT2D eigenvalue weighted by molar-refractivity contribution is 6.30. The second-order valence-electron chi connectivity index (χ2n) is 4.73. The van der Waals surface area contributed by atoms with Crippen LogP contribution >= 0.6 is 11.6 Å². The number of amides is 1. The van der Waals surface area contributed by atoms with Crippen LogP contribution in [0.3, 0.4) is 0 Å². The summed E-state index contributed by atoms with van der Waals surface area (Å²) in [6, 6.07) is 3.72. The number of ketones is 1. The smallest absolute Gasteiger partial charge is 0.428 e. The second kappa shape index (κ2) is 5.22. The minimum Gasteiger partial charge on any atom is -0.428 e. The molecule has 1 aromatic rings. The highest BCUT2D eigenvalue weighted by Gasteiger charge is 2.61. The lowest BCUT2D eigenvalue weighted by Crippen LogP contribution is -2.50. The molecule has 0 saturated carbocycles. The van der Waals surface area contributed by atoms with Crippen LogP contribution in [0.25, 0.3) is 0 Å². The van der Waals surface area contributed by atoms with Gasteiger partial charge in [0.05, 0.1) is 5.69 Å².